The van der Waals surface area contributed by atoms with Crippen LogP contribution in [0, 0.1) is 5.92 Å². The molecule has 0 aliphatic rings. The van der Waals surface area contributed by atoms with Crippen LogP contribution in [-0.4, -0.2) is 16.8 Å². The highest BCUT2D eigenvalue weighted by Gasteiger charge is 2.13. The Morgan fingerprint density at radius 3 is 2.71 bits per heavy atom. The Kier molecular flexibility index (Phi) is 3.09. The monoisotopic (exact) mass is 229 g/mol. The van der Waals surface area contributed by atoms with E-state index in [0.29, 0.717) is 17.9 Å². The van der Waals surface area contributed by atoms with E-state index < -0.39 is 0 Å². The minimum absolute atomic E-state index is 0.0318. The molecule has 1 heterocycles. The first-order chi connectivity index (χ1) is 8.13. The van der Waals surface area contributed by atoms with E-state index in [1.807, 2.05) is 38.1 Å². The third-order valence-corrected chi connectivity index (χ3v) is 2.72. The van der Waals surface area contributed by atoms with Crippen LogP contribution in [0.2, 0.25) is 0 Å². The third-order valence-electron chi connectivity index (χ3n) is 2.72. The fourth-order valence-electron chi connectivity index (χ4n) is 1.95. The van der Waals surface area contributed by atoms with Gasteiger partial charge in [0.05, 0.1) is 5.52 Å². The number of fused-ring (bicyclic) bond motifs is 1. The lowest BCUT2D eigenvalue weighted by molar-refractivity contribution is 0.0892. The Balaban J connectivity index is 2.54. The molecule has 0 aliphatic carbocycles. The van der Waals surface area contributed by atoms with Crippen molar-refractivity contribution in [2.75, 3.05) is 0 Å². The largest absolute Gasteiger partial charge is 0.298 e. The van der Waals surface area contributed by atoms with E-state index in [-0.39, 0.29) is 5.91 Å². The summed E-state index contributed by atoms with van der Waals surface area (Å²) in [6.45, 7) is 4.01. The Bertz CT molecular complexity index is 567. The number of hydrogen-bond donors (Lipinski definition) is 0. The molecule has 1 aromatic carbocycles. The summed E-state index contributed by atoms with van der Waals surface area (Å²) in [4.78, 5) is 23.0. The lowest BCUT2D eigenvalue weighted by Gasteiger charge is -2.05. The van der Waals surface area contributed by atoms with Crippen molar-refractivity contribution in [3.8, 4) is 0 Å². The summed E-state index contributed by atoms with van der Waals surface area (Å²) in [5.41, 5.74) is 1.37. The fourth-order valence-corrected chi connectivity index (χ4v) is 1.95. The Hall–Kier alpha value is -1.90. The predicted octanol–water partition coefficient (Wildman–Crippen LogP) is 3.14. The van der Waals surface area contributed by atoms with Gasteiger partial charge in [-0.05, 0) is 12.0 Å². The average Bonchev–Trinajstić information content (AvgIpc) is 2.67. The maximum absolute atomic E-state index is 12.0. The number of benzene rings is 1. The maximum Gasteiger partial charge on any atom is 0.231 e. The summed E-state index contributed by atoms with van der Waals surface area (Å²) < 4.78 is 1.58. The van der Waals surface area contributed by atoms with Crippen molar-refractivity contribution in [1.29, 1.82) is 0 Å². The maximum atomic E-state index is 12.0. The first-order valence-corrected chi connectivity index (χ1v) is 5.72. The molecule has 0 fully saturated rings. The summed E-state index contributed by atoms with van der Waals surface area (Å²) in [5, 5.41) is 0.833. The van der Waals surface area contributed by atoms with Crippen LogP contribution >= 0.6 is 0 Å². The third kappa shape index (κ3) is 2.13. The van der Waals surface area contributed by atoms with Crippen LogP contribution in [-0.2, 0) is 0 Å². The first kappa shape index (κ1) is 11.6. The van der Waals surface area contributed by atoms with E-state index in [1.54, 1.807) is 10.8 Å². The molecule has 2 aromatic rings. The number of carbonyl (C=O) groups excluding carboxylic acids is 2. The zero-order chi connectivity index (χ0) is 12.4. The van der Waals surface area contributed by atoms with Gasteiger partial charge in [0.2, 0.25) is 5.91 Å². The molecule has 1 aromatic heterocycles. The lowest BCUT2D eigenvalue weighted by Crippen LogP contribution is -2.11. The molecule has 0 aliphatic heterocycles. The van der Waals surface area contributed by atoms with Gasteiger partial charge in [-0.25, -0.2) is 0 Å². The molecule has 0 atom stereocenters. The smallest absolute Gasteiger partial charge is 0.231 e. The van der Waals surface area contributed by atoms with Crippen LogP contribution in [0.4, 0.5) is 0 Å². The van der Waals surface area contributed by atoms with Gasteiger partial charge < -0.3 is 0 Å². The van der Waals surface area contributed by atoms with E-state index in [2.05, 4.69) is 0 Å². The minimum Gasteiger partial charge on any atom is -0.298 e. The van der Waals surface area contributed by atoms with Crippen molar-refractivity contribution in [3.63, 3.8) is 0 Å². The quantitative estimate of drug-likeness (QED) is 0.758. The summed E-state index contributed by atoms with van der Waals surface area (Å²) >= 11 is 0. The number of aldehydes is 1. The molecule has 0 radical (unpaired) electrons. The summed E-state index contributed by atoms with van der Waals surface area (Å²) in [6.07, 6.45) is 2.90. The molecule has 2 rings (SSSR count). The SMILES string of the molecule is CC(C)CC(=O)n1cc(C=O)c2ccccc21. The summed E-state index contributed by atoms with van der Waals surface area (Å²) in [6, 6.07) is 7.46. The molecule has 17 heavy (non-hydrogen) atoms. The van der Waals surface area contributed by atoms with Gasteiger partial charge in [-0.2, -0.15) is 0 Å². The highest BCUT2D eigenvalue weighted by atomic mass is 16.2. The van der Waals surface area contributed by atoms with Crippen LogP contribution in [0.5, 0.6) is 0 Å². The second kappa shape index (κ2) is 4.53. The molecule has 0 unspecified atom stereocenters. The Morgan fingerprint density at radius 2 is 2.06 bits per heavy atom. The van der Waals surface area contributed by atoms with Crippen LogP contribution in [0.3, 0.4) is 0 Å². The number of aromatic nitrogens is 1. The fraction of sp³-hybridized carbons (Fsp3) is 0.286. The van der Waals surface area contributed by atoms with Crippen molar-refractivity contribution in [2.24, 2.45) is 5.92 Å². The van der Waals surface area contributed by atoms with Gasteiger partial charge in [0, 0.05) is 23.6 Å². The minimum atomic E-state index is 0.0318. The summed E-state index contributed by atoms with van der Waals surface area (Å²) in [5.74, 6) is 0.340. The molecule has 0 amide bonds. The van der Waals surface area contributed by atoms with Gasteiger partial charge >= 0.3 is 0 Å². The van der Waals surface area contributed by atoms with E-state index >= 15 is 0 Å². The number of nitrogens with zero attached hydrogens (tertiary/aromatic N) is 1. The molecule has 0 spiro atoms. The highest BCUT2D eigenvalue weighted by Crippen LogP contribution is 2.20. The van der Waals surface area contributed by atoms with Crippen molar-refractivity contribution < 1.29 is 9.59 Å². The zero-order valence-electron chi connectivity index (χ0n) is 10.0. The molecule has 0 saturated carbocycles. The molecule has 0 saturated heterocycles. The molecule has 0 N–H and O–H groups in total. The lowest BCUT2D eigenvalue weighted by atomic mass is 10.1. The van der Waals surface area contributed by atoms with E-state index in [1.165, 1.54) is 0 Å². The van der Waals surface area contributed by atoms with E-state index in [4.69, 9.17) is 0 Å². The number of para-hydroxylation sites is 1. The van der Waals surface area contributed by atoms with Gasteiger partial charge in [-0.3, -0.25) is 14.2 Å². The van der Waals surface area contributed by atoms with Crippen LogP contribution in [0.1, 0.15) is 35.4 Å². The van der Waals surface area contributed by atoms with Crippen LogP contribution in [0.25, 0.3) is 10.9 Å². The Labute approximate surface area is 100 Å². The second-order valence-corrected chi connectivity index (χ2v) is 4.58. The molecule has 3 nitrogen and oxygen atoms in total. The van der Waals surface area contributed by atoms with Crippen molar-refractivity contribution in [3.05, 3.63) is 36.0 Å². The summed E-state index contributed by atoms with van der Waals surface area (Å²) in [7, 11) is 0. The van der Waals surface area contributed by atoms with Crippen LogP contribution < -0.4 is 0 Å². The molecular formula is C14H15NO2. The first-order valence-electron chi connectivity index (χ1n) is 5.72. The highest BCUT2D eigenvalue weighted by molar-refractivity contribution is 6.02. The molecule has 3 heteroatoms. The average molecular weight is 229 g/mol. The van der Waals surface area contributed by atoms with Crippen molar-refractivity contribution >= 4 is 23.1 Å². The van der Waals surface area contributed by atoms with Crippen LogP contribution in [0.15, 0.2) is 30.5 Å². The van der Waals surface area contributed by atoms with Gasteiger partial charge in [0.15, 0.2) is 6.29 Å². The standard InChI is InChI=1S/C14H15NO2/c1-10(2)7-14(17)15-8-11(9-16)12-5-3-4-6-13(12)15/h3-6,8-10H,7H2,1-2H3. The topological polar surface area (TPSA) is 39.1 Å². The van der Waals surface area contributed by atoms with Gasteiger partial charge in [0.25, 0.3) is 0 Å². The number of hydrogen-bond acceptors (Lipinski definition) is 2. The van der Waals surface area contributed by atoms with Gasteiger partial charge in [0.1, 0.15) is 0 Å². The van der Waals surface area contributed by atoms with Gasteiger partial charge in [-0.1, -0.05) is 32.0 Å². The van der Waals surface area contributed by atoms with E-state index in [0.717, 1.165) is 17.2 Å². The molecule has 0 bridgehead atoms. The van der Waals surface area contributed by atoms with Crippen molar-refractivity contribution in [2.45, 2.75) is 20.3 Å². The van der Waals surface area contributed by atoms with Gasteiger partial charge in [-0.15, -0.1) is 0 Å². The van der Waals surface area contributed by atoms with E-state index in [9.17, 15) is 9.59 Å². The number of carbonyl (C=O) groups is 2. The Morgan fingerprint density at radius 1 is 1.35 bits per heavy atom. The zero-order valence-corrected chi connectivity index (χ0v) is 10.0. The van der Waals surface area contributed by atoms with Crippen molar-refractivity contribution in [1.82, 2.24) is 4.57 Å². The number of rotatable bonds is 3. The normalized spacial score (nSPS) is 11.0. The predicted molar refractivity (Wildman–Crippen MR) is 67.4 cm³/mol. The molecule has 88 valence electrons. The molecular weight excluding hydrogens is 214 g/mol. The second-order valence-electron chi connectivity index (χ2n) is 4.58.